The van der Waals surface area contributed by atoms with Crippen LogP contribution in [0.5, 0.6) is 0 Å². The molecule has 0 aliphatic carbocycles. The van der Waals surface area contributed by atoms with Crippen LogP contribution in [-0.4, -0.2) is 96.5 Å². The van der Waals surface area contributed by atoms with Crippen LogP contribution in [0.25, 0.3) is 10.2 Å². The fraction of sp³-hybridized carbons (Fsp3) is 0.710. The van der Waals surface area contributed by atoms with Crippen molar-refractivity contribution >= 4 is 38.6 Å². The van der Waals surface area contributed by atoms with E-state index in [4.69, 9.17) is 9.47 Å². The van der Waals surface area contributed by atoms with Crippen molar-refractivity contribution in [2.24, 2.45) is 11.8 Å². The maximum Gasteiger partial charge on any atom is 0.320 e. The number of carbonyl (C=O) groups is 2. The Labute approximate surface area is 251 Å². The number of likely N-dealkylation sites (tertiary alicyclic amines) is 2. The first kappa shape index (κ1) is 31.3. The van der Waals surface area contributed by atoms with Gasteiger partial charge in [0.2, 0.25) is 5.91 Å². The van der Waals surface area contributed by atoms with Gasteiger partial charge in [0, 0.05) is 39.5 Å². The lowest BCUT2D eigenvalue weighted by molar-refractivity contribution is -0.145. The zero-order valence-electron chi connectivity index (χ0n) is 24.5. The van der Waals surface area contributed by atoms with Crippen LogP contribution in [0.2, 0.25) is 0 Å². The molecular weight excluding hydrogens is 559 g/mol. The predicted molar refractivity (Wildman–Crippen MR) is 161 cm³/mol. The molecule has 4 aliphatic heterocycles. The number of fused-ring (bicyclic) bond motifs is 1. The number of piperidine rings is 2. The average Bonchev–Trinajstić information content (AvgIpc) is 3.43. The highest BCUT2D eigenvalue weighted by Crippen LogP contribution is 2.29. The summed E-state index contributed by atoms with van der Waals surface area (Å²) in [6, 6.07) is 4.52. The second-order valence-corrected chi connectivity index (χ2v) is 13.1. The van der Waals surface area contributed by atoms with Gasteiger partial charge in [-0.15, -0.1) is 0 Å². The molecule has 4 saturated heterocycles. The number of para-hydroxylation sites is 1. The summed E-state index contributed by atoms with van der Waals surface area (Å²) in [6.45, 7) is 7.15. The van der Waals surface area contributed by atoms with Crippen LogP contribution >= 0.6 is 11.3 Å². The van der Waals surface area contributed by atoms with Gasteiger partial charge in [-0.3, -0.25) is 19.4 Å². The topological polar surface area (TPSA) is 104 Å². The number of nitrogens with one attached hydrogen (secondary N) is 1. The van der Waals surface area contributed by atoms with Crippen molar-refractivity contribution in [2.45, 2.75) is 76.3 Å². The number of amides is 1. The third kappa shape index (κ3) is 8.47. The second kappa shape index (κ2) is 15.5. The Morgan fingerprint density at radius 2 is 1.45 bits per heavy atom. The van der Waals surface area contributed by atoms with Gasteiger partial charge in [0.1, 0.15) is 17.4 Å². The molecule has 2 N–H and O–H groups in total. The maximum atomic E-state index is 13.8. The third-order valence-corrected chi connectivity index (χ3v) is 10.0. The fourth-order valence-electron chi connectivity index (χ4n) is 6.67. The summed E-state index contributed by atoms with van der Waals surface area (Å²) < 4.78 is 25.4. The Bertz CT molecular complexity index is 1170. The molecule has 4 fully saturated rings. The van der Waals surface area contributed by atoms with Gasteiger partial charge < -0.3 is 19.9 Å². The fourth-order valence-corrected chi connectivity index (χ4v) is 7.56. The van der Waals surface area contributed by atoms with Crippen molar-refractivity contribution in [3.05, 3.63) is 24.0 Å². The monoisotopic (exact) mass is 604 g/mol. The lowest BCUT2D eigenvalue weighted by Crippen LogP contribution is -2.49. The van der Waals surface area contributed by atoms with E-state index in [-0.39, 0.29) is 23.8 Å². The highest BCUT2D eigenvalue weighted by atomic mass is 32.1. The molecule has 5 heterocycles. The van der Waals surface area contributed by atoms with E-state index < -0.39 is 5.97 Å². The number of aromatic nitrogens is 1. The number of halogens is 1. The first-order valence-electron chi connectivity index (χ1n) is 15.7. The first-order chi connectivity index (χ1) is 20.5. The highest BCUT2D eigenvalue weighted by molar-refractivity contribution is 7.22. The number of benzene rings is 1. The minimum absolute atomic E-state index is 0.0174. The van der Waals surface area contributed by atoms with Gasteiger partial charge >= 0.3 is 5.97 Å². The van der Waals surface area contributed by atoms with E-state index in [9.17, 15) is 19.1 Å². The van der Waals surface area contributed by atoms with Gasteiger partial charge in [-0.05, 0) is 88.4 Å². The molecule has 0 radical (unpaired) electrons. The van der Waals surface area contributed by atoms with Gasteiger partial charge in [0.25, 0.3) is 0 Å². The minimum Gasteiger partial charge on any atom is -0.480 e. The molecule has 0 spiro atoms. The molecule has 0 unspecified atom stereocenters. The molecule has 2 atom stereocenters. The van der Waals surface area contributed by atoms with E-state index in [1.54, 1.807) is 6.07 Å². The number of carbonyl (C=O) groups excluding carboxylic acids is 1. The van der Waals surface area contributed by atoms with Gasteiger partial charge in [0.05, 0.1) is 10.7 Å². The number of carboxylic acids is 1. The van der Waals surface area contributed by atoms with E-state index in [1.807, 2.05) is 6.07 Å². The molecule has 1 amide bonds. The number of nitrogens with zero attached hydrogens (tertiary/aromatic N) is 3. The number of carboxylic acid groups (broad SMARTS) is 1. The van der Waals surface area contributed by atoms with Crippen LogP contribution in [-0.2, 0) is 19.1 Å². The maximum absolute atomic E-state index is 13.8. The predicted octanol–water partition coefficient (Wildman–Crippen LogP) is 5.01. The molecule has 1 aromatic heterocycles. The normalized spacial score (nSPS) is 25.1. The number of rotatable bonds is 7. The quantitative estimate of drug-likeness (QED) is 0.455. The van der Waals surface area contributed by atoms with E-state index in [0.717, 1.165) is 122 Å². The van der Waals surface area contributed by atoms with Gasteiger partial charge in [0.15, 0.2) is 5.13 Å². The Morgan fingerprint density at radius 3 is 2.02 bits per heavy atom. The molecule has 1 aromatic carbocycles. The van der Waals surface area contributed by atoms with Crippen LogP contribution in [0.15, 0.2) is 18.2 Å². The number of anilines is 1. The molecular formula is C31H45FN4O5S. The molecule has 9 nitrogen and oxygen atoms in total. The van der Waals surface area contributed by atoms with Crippen molar-refractivity contribution in [2.75, 3.05) is 57.9 Å². The molecule has 6 rings (SSSR count). The molecule has 232 valence electrons. The first-order valence-corrected chi connectivity index (χ1v) is 16.5. The molecule has 42 heavy (non-hydrogen) atoms. The van der Waals surface area contributed by atoms with Crippen molar-refractivity contribution in [3.8, 4) is 0 Å². The van der Waals surface area contributed by atoms with Crippen molar-refractivity contribution in [3.63, 3.8) is 0 Å². The summed E-state index contributed by atoms with van der Waals surface area (Å²) in [5.74, 6) is 0.225. The SMILES string of the molecule is O=C(Nc1nc2c(F)cccc2s1)[C@@H]1CCCCN1CC1CCOCC1.O=C(O)[C@@H]1CCCCN1CC1CCOCC1. The Balaban J connectivity index is 0.000000189. The van der Waals surface area contributed by atoms with Gasteiger partial charge in [-0.25, -0.2) is 9.37 Å². The van der Waals surface area contributed by atoms with Crippen molar-refractivity contribution < 1.29 is 28.6 Å². The zero-order chi connectivity index (χ0) is 29.3. The lowest BCUT2D eigenvalue weighted by Gasteiger charge is -2.37. The van der Waals surface area contributed by atoms with E-state index >= 15 is 0 Å². The summed E-state index contributed by atoms with van der Waals surface area (Å²) in [4.78, 5) is 32.8. The minimum atomic E-state index is -0.647. The van der Waals surface area contributed by atoms with E-state index in [1.165, 1.54) is 17.4 Å². The van der Waals surface area contributed by atoms with Crippen LogP contribution in [0.3, 0.4) is 0 Å². The standard InChI is InChI=1S/C19H24FN3O2S.C12H21NO3/c20-14-4-3-6-16-17(14)21-19(26-16)22-18(24)15-5-1-2-9-23(15)12-13-7-10-25-11-8-13;14-12(15)11-3-1-2-6-13(11)9-10-4-7-16-8-5-10/h3-4,6,13,15H,1-2,5,7-12H2,(H,21,22,24);10-11H,1-9H2,(H,14,15)/t15-;11-/m00/s1. The Morgan fingerprint density at radius 1 is 0.881 bits per heavy atom. The average molecular weight is 605 g/mol. The number of ether oxygens (including phenoxy) is 2. The lowest BCUT2D eigenvalue weighted by atomic mass is 9.95. The van der Waals surface area contributed by atoms with Crippen LogP contribution in [0.1, 0.15) is 64.2 Å². The van der Waals surface area contributed by atoms with Crippen molar-refractivity contribution in [1.29, 1.82) is 0 Å². The number of aliphatic carboxylic acids is 1. The number of thiazole rings is 1. The molecule has 0 bridgehead atoms. The highest BCUT2D eigenvalue weighted by Gasteiger charge is 2.32. The molecule has 4 aliphatic rings. The molecule has 11 heteroatoms. The van der Waals surface area contributed by atoms with Crippen LogP contribution in [0.4, 0.5) is 9.52 Å². The Hall–Kier alpha value is -2.18. The van der Waals surface area contributed by atoms with Crippen molar-refractivity contribution in [1.82, 2.24) is 14.8 Å². The molecule has 2 aromatic rings. The largest absolute Gasteiger partial charge is 0.480 e. The van der Waals surface area contributed by atoms with Crippen LogP contribution < -0.4 is 5.32 Å². The molecule has 0 saturated carbocycles. The zero-order valence-corrected chi connectivity index (χ0v) is 25.3. The summed E-state index contributed by atoms with van der Waals surface area (Å²) in [6.07, 6.45) is 10.4. The van der Waals surface area contributed by atoms with Gasteiger partial charge in [-0.2, -0.15) is 0 Å². The summed E-state index contributed by atoms with van der Waals surface area (Å²) in [5, 5.41) is 12.6. The summed E-state index contributed by atoms with van der Waals surface area (Å²) >= 11 is 1.32. The van der Waals surface area contributed by atoms with Crippen LogP contribution in [0, 0.1) is 17.7 Å². The summed E-state index contributed by atoms with van der Waals surface area (Å²) in [7, 11) is 0. The summed E-state index contributed by atoms with van der Waals surface area (Å²) in [5.41, 5.74) is 0.329. The third-order valence-electron chi connectivity index (χ3n) is 9.08. The number of hydrogen-bond acceptors (Lipinski definition) is 8. The van der Waals surface area contributed by atoms with E-state index in [0.29, 0.717) is 22.5 Å². The van der Waals surface area contributed by atoms with E-state index in [2.05, 4.69) is 20.1 Å². The smallest absolute Gasteiger partial charge is 0.320 e. The Kier molecular flexibility index (Phi) is 11.5. The van der Waals surface area contributed by atoms with Gasteiger partial charge in [-0.1, -0.05) is 30.2 Å². The number of hydrogen-bond donors (Lipinski definition) is 2. The second-order valence-electron chi connectivity index (χ2n) is 12.1.